The van der Waals surface area contributed by atoms with Crippen LogP contribution in [0.4, 0.5) is 5.82 Å². The fourth-order valence-corrected chi connectivity index (χ4v) is 2.52. The second-order valence-corrected chi connectivity index (χ2v) is 5.30. The van der Waals surface area contributed by atoms with Gasteiger partial charge in [-0.1, -0.05) is 15.9 Å². The Hall–Kier alpha value is -0.880. The smallest absolute Gasteiger partial charge is 0.218 e. The molecule has 0 aromatic carbocycles. The lowest BCUT2D eigenvalue weighted by molar-refractivity contribution is 0.0376. The fourth-order valence-electron chi connectivity index (χ4n) is 2.12. The maximum atomic E-state index is 5.74. The topological polar surface area (TPSA) is 47.5 Å². The van der Waals surface area contributed by atoms with Gasteiger partial charge in [-0.05, 0) is 20.8 Å². The van der Waals surface area contributed by atoms with Gasteiger partial charge in [-0.25, -0.2) is 4.98 Å². The summed E-state index contributed by atoms with van der Waals surface area (Å²) in [6.07, 6.45) is 0.196. The summed E-state index contributed by atoms with van der Waals surface area (Å²) in [5.41, 5.74) is 0. The average molecular weight is 330 g/mol. The third-order valence-corrected chi connectivity index (χ3v) is 3.79. The van der Waals surface area contributed by atoms with Crippen molar-refractivity contribution in [2.75, 3.05) is 30.0 Å². The molecule has 0 amide bonds. The first kappa shape index (κ1) is 14.5. The van der Waals surface area contributed by atoms with Crippen LogP contribution in [0.1, 0.15) is 19.7 Å². The maximum Gasteiger partial charge on any atom is 0.218 e. The Morgan fingerprint density at radius 1 is 1.53 bits per heavy atom. The molecule has 106 valence electrons. The molecule has 1 aliphatic rings. The van der Waals surface area contributed by atoms with Crippen LogP contribution in [0.15, 0.2) is 6.07 Å². The minimum atomic E-state index is 0.196. The van der Waals surface area contributed by atoms with Crippen LogP contribution >= 0.6 is 15.9 Å². The van der Waals surface area contributed by atoms with Crippen molar-refractivity contribution in [3.8, 4) is 5.88 Å². The number of ether oxygens (including phenoxy) is 2. The minimum Gasteiger partial charge on any atom is -0.478 e. The van der Waals surface area contributed by atoms with Crippen molar-refractivity contribution in [1.82, 2.24) is 9.97 Å². The van der Waals surface area contributed by atoms with E-state index in [2.05, 4.69) is 37.7 Å². The van der Waals surface area contributed by atoms with Crippen LogP contribution in [-0.2, 0) is 4.74 Å². The highest BCUT2D eigenvalue weighted by atomic mass is 79.9. The molecule has 0 N–H and O–H groups in total. The summed E-state index contributed by atoms with van der Waals surface area (Å²) in [6.45, 7) is 8.13. The number of hydrogen-bond donors (Lipinski definition) is 0. The number of aryl methyl sites for hydroxylation is 1. The number of nitrogens with zero attached hydrogens (tertiary/aromatic N) is 3. The van der Waals surface area contributed by atoms with Gasteiger partial charge in [0.05, 0.1) is 25.4 Å². The van der Waals surface area contributed by atoms with E-state index in [0.717, 1.165) is 23.5 Å². The van der Waals surface area contributed by atoms with Crippen LogP contribution in [-0.4, -0.2) is 47.2 Å². The molecular formula is C13H20BrN3O2. The molecule has 2 heterocycles. The number of alkyl halides is 1. The van der Waals surface area contributed by atoms with Gasteiger partial charge < -0.3 is 14.4 Å². The van der Waals surface area contributed by atoms with Gasteiger partial charge in [0.15, 0.2) is 0 Å². The summed E-state index contributed by atoms with van der Waals surface area (Å²) in [5, 5.41) is 0.832. The Labute approximate surface area is 122 Å². The second kappa shape index (κ2) is 6.52. The van der Waals surface area contributed by atoms with Gasteiger partial charge in [-0.15, -0.1) is 0 Å². The number of anilines is 1. The third-order valence-electron chi connectivity index (χ3n) is 3.07. The molecule has 0 spiro atoms. The molecule has 1 aromatic rings. The molecule has 5 nitrogen and oxygen atoms in total. The molecule has 1 saturated heterocycles. The Balaban J connectivity index is 2.23. The molecule has 2 rings (SSSR count). The van der Waals surface area contributed by atoms with E-state index in [1.54, 1.807) is 0 Å². The Kier molecular flexibility index (Phi) is 4.99. The number of aromatic nitrogens is 2. The van der Waals surface area contributed by atoms with E-state index in [1.807, 2.05) is 19.9 Å². The van der Waals surface area contributed by atoms with Gasteiger partial charge in [0.2, 0.25) is 5.88 Å². The summed E-state index contributed by atoms with van der Waals surface area (Å²) in [7, 11) is 0. The number of hydrogen-bond acceptors (Lipinski definition) is 5. The van der Waals surface area contributed by atoms with Crippen molar-refractivity contribution in [3.63, 3.8) is 0 Å². The Morgan fingerprint density at radius 3 is 3.00 bits per heavy atom. The molecule has 0 saturated carbocycles. The largest absolute Gasteiger partial charge is 0.478 e. The molecule has 2 atom stereocenters. The van der Waals surface area contributed by atoms with Crippen LogP contribution in [0.25, 0.3) is 0 Å². The van der Waals surface area contributed by atoms with E-state index in [-0.39, 0.29) is 6.10 Å². The van der Waals surface area contributed by atoms with Crippen molar-refractivity contribution in [2.24, 2.45) is 0 Å². The summed E-state index contributed by atoms with van der Waals surface area (Å²) in [6, 6.07) is 2.21. The number of morpholine rings is 1. The van der Waals surface area contributed by atoms with Gasteiger partial charge in [-0.3, -0.25) is 0 Å². The van der Waals surface area contributed by atoms with E-state index >= 15 is 0 Å². The monoisotopic (exact) mass is 329 g/mol. The molecule has 1 aliphatic heterocycles. The molecular weight excluding hydrogens is 310 g/mol. The SMILES string of the molecule is CCOc1cc(N2CC(CBr)OCC2C)nc(C)n1. The third kappa shape index (κ3) is 3.57. The van der Waals surface area contributed by atoms with Gasteiger partial charge >= 0.3 is 0 Å². The predicted octanol–water partition coefficient (Wildman–Crippen LogP) is 2.17. The standard InChI is InChI=1S/C13H20BrN3O2/c1-4-18-13-5-12(15-10(3)16-13)17-7-11(6-14)19-8-9(17)2/h5,9,11H,4,6-8H2,1-3H3. The zero-order valence-electron chi connectivity index (χ0n) is 11.6. The van der Waals surface area contributed by atoms with Gasteiger partial charge in [0.25, 0.3) is 0 Å². The van der Waals surface area contributed by atoms with Crippen LogP contribution in [0.5, 0.6) is 5.88 Å². The Bertz CT molecular complexity index is 430. The van der Waals surface area contributed by atoms with E-state index in [1.165, 1.54) is 0 Å². The summed E-state index contributed by atoms with van der Waals surface area (Å²) >= 11 is 3.48. The quantitative estimate of drug-likeness (QED) is 0.792. The van der Waals surface area contributed by atoms with Crippen molar-refractivity contribution >= 4 is 21.7 Å². The molecule has 0 radical (unpaired) electrons. The van der Waals surface area contributed by atoms with Gasteiger partial charge in [0.1, 0.15) is 11.6 Å². The highest BCUT2D eigenvalue weighted by Crippen LogP contribution is 2.23. The predicted molar refractivity (Wildman–Crippen MR) is 78.3 cm³/mol. The van der Waals surface area contributed by atoms with Crippen molar-refractivity contribution in [3.05, 3.63) is 11.9 Å². The van der Waals surface area contributed by atoms with E-state index < -0.39 is 0 Å². The second-order valence-electron chi connectivity index (χ2n) is 4.66. The molecule has 0 aliphatic carbocycles. The van der Waals surface area contributed by atoms with Gasteiger partial charge in [0, 0.05) is 17.9 Å². The first-order valence-corrected chi connectivity index (χ1v) is 7.68. The van der Waals surface area contributed by atoms with Crippen LogP contribution in [0, 0.1) is 6.92 Å². The summed E-state index contributed by atoms with van der Waals surface area (Å²) in [4.78, 5) is 11.1. The van der Waals surface area contributed by atoms with Crippen LogP contribution < -0.4 is 9.64 Å². The fraction of sp³-hybridized carbons (Fsp3) is 0.692. The molecule has 6 heteroatoms. The lowest BCUT2D eigenvalue weighted by atomic mass is 10.2. The lowest BCUT2D eigenvalue weighted by Crippen LogP contribution is -2.49. The molecule has 0 bridgehead atoms. The minimum absolute atomic E-state index is 0.196. The zero-order valence-corrected chi connectivity index (χ0v) is 13.2. The van der Waals surface area contributed by atoms with Crippen molar-refractivity contribution in [1.29, 1.82) is 0 Å². The highest BCUT2D eigenvalue weighted by molar-refractivity contribution is 9.09. The van der Waals surface area contributed by atoms with Crippen LogP contribution in [0.2, 0.25) is 0 Å². The zero-order chi connectivity index (χ0) is 13.8. The van der Waals surface area contributed by atoms with E-state index in [9.17, 15) is 0 Å². The average Bonchev–Trinajstić information content (AvgIpc) is 2.39. The van der Waals surface area contributed by atoms with Crippen molar-refractivity contribution < 1.29 is 9.47 Å². The molecule has 19 heavy (non-hydrogen) atoms. The lowest BCUT2D eigenvalue weighted by Gasteiger charge is -2.38. The molecule has 2 unspecified atom stereocenters. The maximum absolute atomic E-state index is 5.74. The summed E-state index contributed by atoms with van der Waals surface area (Å²) < 4.78 is 11.2. The normalized spacial score (nSPS) is 23.5. The first-order valence-electron chi connectivity index (χ1n) is 6.56. The Morgan fingerprint density at radius 2 is 2.32 bits per heavy atom. The van der Waals surface area contributed by atoms with E-state index in [4.69, 9.17) is 9.47 Å². The van der Waals surface area contributed by atoms with E-state index in [0.29, 0.717) is 25.1 Å². The number of halogens is 1. The molecule has 1 aromatic heterocycles. The summed E-state index contributed by atoms with van der Waals surface area (Å²) in [5.74, 6) is 2.28. The first-order chi connectivity index (χ1) is 9.13. The molecule has 1 fully saturated rings. The van der Waals surface area contributed by atoms with Crippen molar-refractivity contribution in [2.45, 2.75) is 32.9 Å². The van der Waals surface area contributed by atoms with Crippen LogP contribution in [0.3, 0.4) is 0 Å². The number of rotatable bonds is 4. The van der Waals surface area contributed by atoms with Gasteiger partial charge in [-0.2, -0.15) is 4.98 Å². The highest BCUT2D eigenvalue weighted by Gasteiger charge is 2.27.